The second kappa shape index (κ2) is 9.62. The Morgan fingerprint density at radius 1 is 1.20 bits per heavy atom. The van der Waals surface area contributed by atoms with Crippen molar-refractivity contribution in [2.24, 2.45) is 5.92 Å². The Bertz CT molecular complexity index is 696. The number of nitrogens with zero attached hydrogens (tertiary/aromatic N) is 2. The van der Waals surface area contributed by atoms with E-state index >= 15 is 0 Å². The molecule has 25 heavy (non-hydrogen) atoms. The lowest BCUT2D eigenvalue weighted by Gasteiger charge is -2.07. The molecular weight excluding hydrogens is 356 g/mol. The summed E-state index contributed by atoms with van der Waals surface area (Å²) >= 11 is 3.07. The first-order valence-corrected chi connectivity index (χ1v) is 10.1. The van der Waals surface area contributed by atoms with E-state index in [4.69, 9.17) is 0 Å². The predicted octanol–water partition coefficient (Wildman–Crippen LogP) is 3.11. The Kier molecular flexibility index (Phi) is 7.52. The van der Waals surface area contributed by atoms with Crippen molar-refractivity contribution in [1.82, 2.24) is 20.6 Å². The molecule has 0 spiro atoms. The van der Waals surface area contributed by atoms with E-state index in [0.717, 1.165) is 21.3 Å². The topological polar surface area (TPSA) is 84.0 Å². The van der Waals surface area contributed by atoms with Gasteiger partial charge in [-0.3, -0.25) is 9.59 Å². The third-order valence-electron chi connectivity index (χ3n) is 3.40. The molecule has 0 unspecified atom stereocenters. The van der Waals surface area contributed by atoms with Gasteiger partial charge >= 0.3 is 0 Å². The molecular formula is C17H24N4O2S2. The lowest BCUT2D eigenvalue weighted by molar-refractivity contribution is -0.120. The highest BCUT2D eigenvalue weighted by Gasteiger charge is 2.20. The van der Waals surface area contributed by atoms with Crippen LogP contribution in [0.3, 0.4) is 0 Å². The Balaban J connectivity index is 1.98. The van der Waals surface area contributed by atoms with Crippen molar-refractivity contribution in [3.05, 3.63) is 22.1 Å². The van der Waals surface area contributed by atoms with Crippen molar-refractivity contribution < 1.29 is 9.59 Å². The van der Waals surface area contributed by atoms with Crippen LogP contribution in [0.1, 0.15) is 49.0 Å². The average Bonchev–Trinajstić information content (AvgIpc) is 3.23. The van der Waals surface area contributed by atoms with Gasteiger partial charge in [-0.25, -0.2) is 9.97 Å². The van der Waals surface area contributed by atoms with Crippen molar-refractivity contribution in [3.63, 3.8) is 0 Å². The van der Waals surface area contributed by atoms with Crippen LogP contribution in [-0.2, 0) is 11.2 Å². The normalized spacial score (nSPS) is 10.9. The minimum atomic E-state index is -0.156. The molecule has 2 aromatic rings. The molecule has 0 saturated heterocycles. The number of carbonyl (C=O) groups is 2. The molecule has 2 N–H and O–H groups in total. The van der Waals surface area contributed by atoms with Gasteiger partial charge in [0.1, 0.15) is 5.69 Å². The van der Waals surface area contributed by atoms with Crippen LogP contribution in [0.5, 0.6) is 0 Å². The Morgan fingerprint density at radius 3 is 2.60 bits per heavy atom. The van der Waals surface area contributed by atoms with Crippen LogP contribution in [0, 0.1) is 5.92 Å². The lowest BCUT2D eigenvalue weighted by Crippen LogP contribution is -2.30. The fourth-order valence-corrected chi connectivity index (χ4v) is 4.14. The Labute approximate surface area is 156 Å². The number of nitrogens with one attached hydrogen (secondary N) is 2. The standard InChI is InChI=1S/C17H24N4O2S2/c1-4-13(22)18-6-5-7-19-15(23)14-12(10-11(2)3)25-17(21-14)16-20-8-9-24-16/h8-9,11H,4-7,10H2,1-3H3,(H,18,22)(H,19,23). The quantitative estimate of drug-likeness (QED) is 0.655. The maximum absolute atomic E-state index is 12.5. The molecule has 0 atom stereocenters. The highest BCUT2D eigenvalue weighted by molar-refractivity contribution is 7.20. The molecule has 0 aliphatic carbocycles. The molecule has 8 heteroatoms. The van der Waals surface area contributed by atoms with Gasteiger partial charge in [-0.1, -0.05) is 20.8 Å². The molecule has 0 aliphatic rings. The molecule has 0 aromatic carbocycles. The summed E-state index contributed by atoms with van der Waals surface area (Å²) in [5, 5.41) is 9.24. The zero-order valence-corrected chi connectivity index (χ0v) is 16.4. The summed E-state index contributed by atoms with van der Waals surface area (Å²) in [4.78, 5) is 33.5. The van der Waals surface area contributed by atoms with Crippen molar-refractivity contribution in [2.75, 3.05) is 13.1 Å². The second-order valence-electron chi connectivity index (χ2n) is 6.04. The van der Waals surface area contributed by atoms with E-state index in [1.165, 1.54) is 11.3 Å². The lowest BCUT2D eigenvalue weighted by atomic mass is 10.1. The highest BCUT2D eigenvalue weighted by Crippen LogP contribution is 2.31. The summed E-state index contributed by atoms with van der Waals surface area (Å²) in [5.74, 6) is 0.315. The fourth-order valence-electron chi connectivity index (χ4n) is 2.19. The van der Waals surface area contributed by atoms with Crippen molar-refractivity contribution in [2.45, 2.75) is 40.0 Å². The zero-order valence-electron chi connectivity index (χ0n) is 14.8. The molecule has 0 radical (unpaired) electrons. The van der Waals surface area contributed by atoms with E-state index in [1.54, 1.807) is 17.5 Å². The van der Waals surface area contributed by atoms with E-state index in [2.05, 4.69) is 34.4 Å². The van der Waals surface area contributed by atoms with Gasteiger partial charge in [0.05, 0.1) is 0 Å². The number of rotatable bonds is 9. The third kappa shape index (κ3) is 5.89. The molecule has 0 aliphatic heterocycles. The molecule has 0 bridgehead atoms. The van der Waals surface area contributed by atoms with Crippen LogP contribution in [0.25, 0.3) is 10.0 Å². The predicted molar refractivity (Wildman–Crippen MR) is 102 cm³/mol. The Morgan fingerprint density at radius 2 is 1.96 bits per heavy atom. The molecule has 2 heterocycles. The summed E-state index contributed by atoms with van der Waals surface area (Å²) in [6.45, 7) is 7.14. The van der Waals surface area contributed by atoms with Crippen LogP contribution in [0.2, 0.25) is 0 Å². The number of aromatic nitrogens is 2. The van der Waals surface area contributed by atoms with Crippen LogP contribution < -0.4 is 10.6 Å². The molecule has 2 amide bonds. The first-order chi connectivity index (χ1) is 12.0. The van der Waals surface area contributed by atoms with Gasteiger partial charge in [0.15, 0.2) is 10.0 Å². The van der Waals surface area contributed by atoms with Crippen LogP contribution in [0.15, 0.2) is 11.6 Å². The summed E-state index contributed by atoms with van der Waals surface area (Å²) in [6.07, 6.45) is 3.73. The van der Waals surface area contributed by atoms with E-state index in [9.17, 15) is 9.59 Å². The molecule has 2 rings (SSSR count). The van der Waals surface area contributed by atoms with Gasteiger partial charge in [-0.15, -0.1) is 22.7 Å². The molecule has 2 aromatic heterocycles. The van der Waals surface area contributed by atoms with Crippen molar-refractivity contribution in [1.29, 1.82) is 0 Å². The summed E-state index contributed by atoms with van der Waals surface area (Å²) in [5.41, 5.74) is 0.501. The van der Waals surface area contributed by atoms with Crippen LogP contribution in [0.4, 0.5) is 0 Å². The average molecular weight is 381 g/mol. The van der Waals surface area contributed by atoms with Crippen LogP contribution in [-0.4, -0.2) is 34.9 Å². The number of hydrogen-bond acceptors (Lipinski definition) is 6. The van der Waals surface area contributed by atoms with Gasteiger partial charge in [0.25, 0.3) is 5.91 Å². The number of amides is 2. The molecule has 0 saturated carbocycles. The number of hydrogen-bond donors (Lipinski definition) is 2. The SMILES string of the molecule is CCC(=O)NCCCNC(=O)c1nc(-c2nccs2)sc1CC(C)C. The third-order valence-corrected chi connectivity index (χ3v) is 5.40. The van der Waals surface area contributed by atoms with Crippen molar-refractivity contribution in [3.8, 4) is 10.0 Å². The van der Waals surface area contributed by atoms with Crippen LogP contribution >= 0.6 is 22.7 Å². The van der Waals surface area contributed by atoms with Gasteiger partial charge in [0, 0.05) is 36.0 Å². The smallest absolute Gasteiger partial charge is 0.271 e. The monoisotopic (exact) mass is 380 g/mol. The first kappa shape index (κ1) is 19.5. The maximum Gasteiger partial charge on any atom is 0.271 e. The van der Waals surface area contributed by atoms with Gasteiger partial charge in [-0.05, 0) is 18.8 Å². The largest absolute Gasteiger partial charge is 0.356 e. The number of thiazole rings is 2. The minimum Gasteiger partial charge on any atom is -0.356 e. The zero-order chi connectivity index (χ0) is 18.2. The van der Waals surface area contributed by atoms with E-state index in [0.29, 0.717) is 37.5 Å². The van der Waals surface area contributed by atoms with Gasteiger partial charge in [-0.2, -0.15) is 0 Å². The second-order valence-corrected chi connectivity index (χ2v) is 8.02. The first-order valence-electron chi connectivity index (χ1n) is 8.45. The summed E-state index contributed by atoms with van der Waals surface area (Å²) in [7, 11) is 0. The minimum absolute atomic E-state index is 0.0261. The van der Waals surface area contributed by atoms with E-state index in [1.807, 2.05) is 12.3 Å². The summed E-state index contributed by atoms with van der Waals surface area (Å²) < 4.78 is 0. The maximum atomic E-state index is 12.5. The van der Waals surface area contributed by atoms with Gasteiger partial charge < -0.3 is 10.6 Å². The van der Waals surface area contributed by atoms with Crippen molar-refractivity contribution >= 4 is 34.5 Å². The highest BCUT2D eigenvalue weighted by atomic mass is 32.1. The Hall–Kier alpha value is -1.80. The van der Waals surface area contributed by atoms with E-state index < -0.39 is 0 Å². The molecule has 0 fully saturated rings. The van der Waals surface area contributed by atoms with Gasteiger partial charge in [0.2, 0.25) is 5.91 Å². The number of carbonyl (C=O) groups excluding carboxylic acids is 2. The fraction of sp³-hybridized carbons (Fsp3) is 0.529. The van der Waals surface area contributed by atoms with E-state index in [-0.39, 0.29) is 11.8 Å². The summed E-state index contributed by atoms with van der Waals surface area (Å²) in [6, 6.07) is 0. The molecule has 136 valence electrons. The molecule has 6 nitrogen and oxygen atoms in total.